The molecule has 1 aliphatic heterocycles. The molecule has 1 atom stereocenters. The van der Waals surface area contributed by atoms with Gasteiger partial charge in [0.1, 0.15) is 6.54 Å². The quantitative estimate of drug-likeness (QED) is 0.252. The monoisotopic (exact) mass is 442 g/mol. The van der Waals surface area contributed by atoms with E-state index in [2.05, 4.69) is 15.6 Å². The van der Waals surface area contributed by atoms with E-state index in [1.807, 2.05) is 6.92 Å². The second-order valence-electron chi connectivity index (χ2n) is 5.45. The maximum atomic E-state index is 11.6. The Labute approximate surface area is 156 Å². The van der Waals surface area contributed by atoms with Gasteiger partial charge < -0.3 is 25.0 Å². The molecule has 8 heteroatoms. The van der Waals surface area contributed by atoms with Gasteiger partial charge in [-0.3, -0.25) is 4.79 Å². The van der Waals surface area contributed by atoms with Crippen LogP contribution in [0.1, 0.15) is 26.2 Å². The van der Waals surface area contributed by atoms with Crippen molar-refractivity contribution >= 4 is 35.8 Å². The maximum Gasteiger partial charge on any atom is 0.243 e. The molecule has 1 heterocycles. The number of hydrogen-bond donors (Lipinski definition) is 2. The van der Waals surface area contributed by atoms with Gasteiger partial charge in [0.05, 0.1) is 12.7 Å². The van der Waals surface area contributed by atoms with Crippen molar-refractivity contribution in [3.8, 4) is 0 Å². The van der Waals surface area contributed by atoms with E-state index in [1.165, 1.54) is 11.3 Å². The van der Waals surface area contributed by atoms with Crippen LogP contribution in [0.5, 0.6) is 0 Å². The topological polar surface area (TPSA) is 75.2 Å². The molecule has 0 spiro atoms. The van der Waals surface area contributed by atoms with E-state index >= 15 is 0 Å². The molecule has 0 saturated carbocycles. The predicted octanol–water partition coefficient (Wildman–Crippen LogP) is 0.833. The van der Waals surface area contributed by atoms with E-state index in [0.29, 0.717) is 32.3 Å². The second-order valence-corrected chi connectivity index (χ2v) is 5.45. The number of aliphatic imine (C=N–C) groups is 1. The highest BCUT2D eigenvalue weighted by atomic mass is 127. The van der Waals surface area contributed by atoms with Gasteiger partial charge in [-0.2, -0.15) is 0 Å². The fourth-order valence-corrected chi connectivity index (χ4v) is 2.03. The number of hydrogen-bond acceptors (Lipinski definition) is 4. The summed E-state index contributed by atoms with van der Waals surface area (Å²) in [5.41, 5.74) is 0. The van der Waals surface area contributed by atoms with Gasteiger partial charge in [0.25, 0.3) is 0 Å². The number of carbonyl (C=O) groups is 1. The molecule has 1 saturated heterocycles. The van der Waals surface area contributed by atoms with Crippen molar-refractivity contribution in [1.29, 1.82) is 0 Å². The third kappa shape index (κ3) is 10.7. The van der Waals surface area contributed by atoms with Gasteiger partial charge >= 0.3 is 0 Å². The zero-order chi connectivity index (χ0) is 16.2. The Hall–Kier alpha value is -0.610. The first-order valence-corrected chi connectivity index (χ1v) is 8.05. The highest BCUT2D eigenvalue weighted by Gasteiger charge is 2.14. The third-order valence-electron chi connectivity index (χ3n) is 3.39. The first-order chi connectivity index (χ1) is 10.6. The van der Waals surface area contributed by atoms with Crippen molar-refractivity contribution in [3.05, 3.63) is 0 Å². The Morgan fingerprint density at radius 3 is 2.74 bits per heavy atom. The standard InChI is InChI=1S/C15H30N4O3.HI/c1-4-21-10-8-16-15(18-12-14(20)19(2)3)17-11-13-7-5-6-9-22-13;/h13H,4-12H2,1-3H3,(H2,16,17,18);1H. The minimum Gasteiger partial charge on any atom is -0.380 e. The summed E-state index contributed by atoms with van der Waals surface area (Å²) < 4.78 is 11.0. The van der Waals surface area contributed by atoms with E-state index in [9.17, 15) is 4.79 Å². The molecule has 1 fully saturated rings. The summed E-state index contributed by atoms with van der Waals surface area (Å²) in [5.74, 6) is 0.601. The highest BCUT2D eigenvalue weighted by molar-refractivity contribution is 14.0. The van der Waals surface area contributed by atoms with Crippen LogP contribution < -0.4 is 10.6 Å². The zero-order valence-corrected chi connectivity index (χ0v) is 16.8. The molecule has 1 amide bonds. The number of ether oxygens (including phenoxy) is 2. The zero-order valence-electron chi connectivity index (χ0n) is 14.5. The van der Waals surface area contributed by atoms with Crippen LogP contribution in [0.4, 0.5) is 0 Å². The lowest BCUT2D eigenvalue weighted by atomic mass is 10.1. The maximum absolute atomic E-state index is 11.6. The lowest BCUT2D eigenvalue weighted by Gasteiger charge is -2.24. The Bertz CT molecular complexity index is 348. The van der Waals surface area contributed by atoms with Gasteiger partial charge in [-0.05, 0) is 26.2 Å². The fourth-order valence-electron chi connectivity index (χ4n) is 2.03. The average Bonchev–Trinajstić information content (AvgIpc) is 2.53. The Morgan fingerprint density at radius 2 is 2.13 bits per heavy atom. The van der Waals surface area contributed by atoms with Crippen LogP contribution in [0.25, 0.3) is 0 Å². The minimum absolute atomic E-state index is 0. The van der Waals surface area contributed by atoms with Crippen molar-refractivity contribution in [2.75, 3.05) is 53.6 Å². The van der Waals surface area contributed by atoms with Crippen LogP contribution in [0.3, 0.4) is 0 Å². The van der Waals surface area contributed by atoms with Gasteiger partial charge in [0.15, 0.2) is 5.96 Å². The Balaban J connectivity index is 0.00000484. The van der Waals surface area contributed by atoms with Crippen molar-refractivity contribution in [2.24, 2.45) is 4.99 Å². The van der Waals surface area contributed by atoms with E-state index in [1.54, 1.807) is 14.1 Å². The van der Waals surface area contributed by atoms with Crippen molar-refractivity contribution in [3.63, 3.8) is 0 Å². The number of halogens is 1. The predicted molar refractivity (Wildman–Crippen MR) is 103 cm³/mol. The molecule has 23 heavy (non-hydrogen) atoms. The molecule has 1 unspecified atom stereocenters. The van der Waals surface area contributed by atoms with E-state index < -0.39 is 0 Å². The fraction of sp³-hybridized carbons (Fsp3) is 0.867. The number of rotatable bonds is 8. The van der Waals surface area contributed by atoms with E-state index in [-0.39, 0.29) is 42.5 Å². The average molecular weight is 442 g/mol. The van der Waals surface area contributed by atoms with Crippen molar-refractivity contribution < 1.29 is 14.3 Å². The molecule has 0 aromatic heterocycles. The number of likely N-dealkylation sites (N-methyl/N-ethyl adjacent to an activating group) is 1. The van der Waals surface area contributed by atoms with Gasteiger partial charge in [-0.15, -0.1) is 24.0 Å². The molecule has 0 bridgehead atoms. The summed E-state index contributed by atoms with van der Waals surface area (Å²) >= 11 is 0. The Kier molecular flexibility index (Phi) is 13.4. The smallest absolute Gasteiger partial charge is 0.243 e. The van der Waals surface area contributed by atoms with Crippen molar-refractivity contribution in [2.45, 2.75) is 32.3 Å². The Morgan fingerprint density at radius 1 is 1.35 bits per heavy atom. The summed E-state index contributed by atoms with van der Waals surface area (Å²) in [6, 6.07) is 0. The summed E-state index contributed by atoms with van der Waals surface area (Å²) in [5, 5.41) is 6.42. The molecule has 0 radical (unpaired) electrons. The summed E-state index contributed by atoms with van der Waals surface area (Å²) in [6.45, 7) is 5.58. The summed E-state index contributed by atoms with van der Waals surface area (Å²) in [6.07, 6.45) is 3.63. The molecule has 1 rings (SSSR count). The van der Waals surface area contributed by atoms with Crippen molar-refractivity contribution in [1.82, 2.24) is 15.5 Å². The third-order valence-corrected chi connectivity index (χ3v) is 3.39. The van der Waals surface area contributed by atoms with Crippen LogP contribution in [0, 0.1) is 0 Å². The number of amides is 1. The largest absolute Gasteiger partial charge is 0.380 e. The van der Waals surface area contributed by atoms with Gasteiger partial charge in [0, 0.05) is 40.4 Å². The molecule has 136 valence electrons. The lowest BCUT2D eigenvalue weighted by molar-refractivity contribution is -0.127. The molecule has 7 nitrogen and oxygen atoms in total. The van der Waals surface area contributed by atoms with Crippen LogP contribution in [-0.4, -0.2) is 76.4 Å². The second kappa shape index (κ2) is 13.8. The minimum atomic E-state index is -0.0279. The molecule has 0 aromatic carbocycles. The molecule has 0 aliphatic carbocycles. The first-order valence-electron chi connectivity index (χ1n) is 8.05. The number of nitrogens with one attached hydrogen (secondary N) is 2. The molecular weight excluding hydrogens is 411 g/mol. The lowest BCUT2D eigenvalue weighted by Crippen LogP contribution is -2.44. The van der Waals surface area contributed by atoms with Gasteiger partial charge in [0.2, 0.25) is 5.91 Å². The molecule has 1 aliphatic rings. The highest BCUT2D eigenvalue weighted by Crippen LogP contribution is 2.11. The SMILES string of the molecule is CCOCCNC(=NCC(=O)N(C)C)NCC1CCCCO1.I. The van der Waals surface area contributed by atoms with E-state index in [0.717, 1.165) is 19.4 Å². The van der Waals surface area contributed by atoms with Crippen LogP contribution >= 0.6 is 24.0 Å². The number of carbonyl (C=O) groups excluding carboxylic acids is 1. The van der Waals surface area contributed by atoms with Crippen LogP contribution in [-0.2, 0) is 14.3 Å². The number of nitrogens with zero attached hydrogens (tertiary/aromatic N) is 2. The van der Waals surface area contributed by atoms with Gasteiger partial charge in [-0.25, -0.2) is 4.99 Å². The van der Waals surface area contributed by atoms with E-state index in [4.69, 9.17) is 9.47 Å². The van der Waals surface area contributed by atoms with Crippen LogP contribution in [0.15, 0.2) is 4.99 Å². The number of guanidine groups is 1. The van der Waals surface area contributed by atoms with Crippen LogP contribution in [0.2, 0.25) is 0 Å². The molecular formula is C15H31IN4O3. The first kappa shape index (κ1) is 22.4. The molecule has 2 N–H and O–H groups in total. The summed E-state index contributed by atoms with van der Waals surface area (Å²) in [4.78, 5) is 17.5. The van der Waals surface area contributed by atoms with Gasteiger partial charge in [-0.1, -0.05) is 0 Å². The molecule has 0 aromatic rings. The normalized spacial score (nSPS) is 18.0. The summed E-state index contributed by atoms with van der Waals surface area (Å²) in [7, 11) is 3.45.